The minimum Gasteiger partial charge on any atom is -0.391 e. The number of benzene rings is 1. The summed E-state index contributed by atoms with van der Waals surface area (Å²) in [6, 6.07) is 8.95. The molecule has 0 aliphatic rings. The summed E-state index contributed by atoms with van der Waals surface area (Å²) in [5.74, 6) is 0.374. The molecule has 0 spiro atoms. The van der Waals surface area contributed by atoms with Gasteiger partial charge in [-0.15, -0.1) is 5.10 Å². The van der Waals surface area contributed by atoms with Gasteiger partial charge in [-0.05, 0) is 31.2 Å². The van der Waals surface area contributed by atoms with Crippen LogP contribution in [0.3, 0.4) is 0 Å². The van der Waals surface area contributed by atoms with Crippen molar-refractivity contribution >= 4 is 11.9 Å². The first-order valence-corrected chi connectivity index (χ1v) is 9.44. The number of anilines is 1. The van der Waals surface area contributed by atoms with Crippen LogP contribution >= 0.6 is 0 Å². The molecule has 1 aromatic heterocycles. The first-order chi connectivity index (χ1) is 12.8. The molecule has 0 saturated carbocycles. The molecule has 0 radical (unpaired) electrons. The number of aliphatic hydroxyl groups excluding tert-OH is 1. The molecule has 2 aromatic rings. The predicted octanol–water partition coefficient (Wildman–Crippen LogP) is 2.22. The van der Waals surface area contributed by atoms with E-state index in [1.807, 2.05) is 37.3 Å². The third-order valence-electron chi connectivity index (χ3n) is 4.82. The number of nitrogens with two attached hydrogens (primary N) is 1. The zero-order valence-electron chi connectivity index (χ0n) is 16.6. The highest BCUT2D eigenvalue weighted by Gasteiger charge is 2.42. The van der Waals surface area contributed by atoms with Crippen LogP contribution in [0.4, 0.5) is 5.95 Å². The Bertz CT molecular complexity index is 731. The van der Waals surface area contributed by atoms with Gasteiger partial charge in [-0.25, -0.2) is 4.98 Å². The summed E-state index contributed by atoms with van der Waals surface area (Å²) in [5, 5.41) is 17.4. The Labute approximate surface area is 161 Å². The molecule has 0 bridgehead atoms. The van der Waals surface area contributed by atoms with E-state index in [-0.39, 0.29) is 11.9 Å². The minimum absolute atomic E-state index is 0.248. The first-order valence-electron chi connectivity index (χ1n) is 9.44. The normalized spacial score (nSPS) is 16.0. The lowest BCUT2D eigenvalue weighted by molar-refractivity contribution is -0.127. The van der Waals surface area contributed by atoms with E-state index in [2.05, 4.69) is 29.2 Å². The highest BCUT2D eigenvalue weighted by Crippen LogP contribution is 2.30. The van der Waals surface area contributed by atoms with Crippen molar-refractivity contribution in [2.45, 2.75) is 59.2 Å². The average molecular weight is 374 g/mol. The number of carbonyl (C=O) groups excluding carboxylic acids is 1. The third-order valence-corrected chi connectivity index (χ3v) is 4.82. The summed E-state index contributed by atoms with van der Waals surface area (Å²) in [6.07, 6.45) is 1.70. The van der Waals surface area contributed by atoms with Crippen LogP contribution in [0.1, 0.15) is 39.7 Å². The van der Waals surface area contributed by atoms with Crippen LogP contribution in [-0.4, -0.2) is 37.9 Å². The number of rotatable bonds is 9. The lowest BCUT2D eigenvalue weighted by Crippen LogP contribution is -2.55. The van der Waals surface area contributed by atoms with Gasteiger partial charge in [0.1, 0.15) is 6.33 Å². The summed E-state index contributed by atoms with van der Waals surface area (Å²) < 4.78 is 1.70. The molecule has 0 aliphatic carbocycles. The Kier molecular flexibility index (Phi) is 7.10. The van der Waals surface area contributed by atoms with Crippen molar-refractivity contribution < 1.29 is 9.90 Å². The molecule has 1 aromatic carbocycles. The van der Waals surface area contributed by atoms with Crippen LogP contribution in [0.15, 0.2) is 36.7 Å². The quantitative estimate of drug-likeness (QED) is 0.625. The molecule has 148 valence electrons. The topological polar surface area (TPSA) is 106 Å². The lowest BCUT2D eigenvalue weighted by atomic mass is 9.74. The summed E-state index contributed by atoms with van der Waals surface area (Å²) in [7, 11) is 0. The van der Waals surface area contributed by atoms with Gasteiger partial charge in [-0.3, -0.25) is 14.8 Å². The van der Waals surface area contributed by atoms with Gasteiger partial charge in [0.05, 0.1) is 11.5 Å². The van der Waals surface area contributed by atoms with Gasteiger partial charge in [0.15, 0.2) is 0 Å². The fraction of sp³-hybridized carbons (Fsp3) is 0.550. The molecule has 27 heavy (non-hydrogen) atoms. The number of nitrogens with zero attached hydrogens (tertiary/aromatic N) is 3. The first kappa shape index (κ1) is 21.1. The number of hydrogen-bond acceptors (Lipinski definition) is 5. The molecular weight excluding hydrogens is 342 g/mol. The monoisotopic (exact) mass is 373 g/mol. The van der Waals surface area contributed by atoms with Crippen LogP contribution in [-0.2, 0) is 17.8 Å². The molecule has 1 heterocycles. The van der Waals surface area contributed by atoms with Crippen molar-refractivity contribution in [2.75, 3.05) is 5.32 Å². The molecule has 0 saturated heterocycles. The van der Waals surface area contributed by atoms with Crippen molar-refractivity contribution in [3.05, 3.63) is 42.2 Å². The van der Waals surface area contributed by atoms with Crippen LogP contribution in [0, 0.1) is 11.3 Å². The highest BCUT2D eigenvalue weighted by molar-refractivity contribution is 5.94. The van der Waals surface area contributed by atoms with Gasteiger partial charge < -0.3 is 10.8 Å². The van der Waals surface area contributed by atoms with Crippen LogP contribution in [0.2, 0.25) is 0 Å². The van der Waals surface area contributed by atoms with E-state index in [1.165, 1.54) is 0 Å². The van der Waals surface area contributed by atoms with Crippen molar-refractivity contribution in [3.8, 4) is 0 Å². The molecule has 7 heteroatoms. The second-order valence-corrected chi connectivity index (χ2v) is 7.72. The molecule has 1 amide bonds. The minimum atomic E-state index is -1.01. The number of nitrogens with one attached hydrogen (secondary N) is 1. The number of aliphatic hydroxyl groups is 1. The van der Waals surface area contributed by atoms with Crippen LogP contribution < -0.4 is 11.1 Å². The largest absolute Gasteiger partial charge is 0.391 e. The van der Waals surface area contributed by atoms with Gasteiger partial charge in [-0.2, -0.15) is 0 Å². The molecule has 0 fully saturated rings. The van der Waals surface area contributed by atoms with Crippen LogP contribution in [0.25, 0.3) is 0 Å². The summed E-state index contributed by atoms with van der Waals surface area (Å²) in [5.41, 5.74) is 6.29. The Morgan fingerprint density at radius 3 is 2.59 bits per heavy atom. The maximum absolute atomic E-state index is 13.1. The summed E-state index contributed by atoms with van der Waals surface area (Å²) in [4.78, 5) is 17.3. The standard InChI is InChI=1S/C20H31N5O2/c1-5-16(26)17(21)20(4,11-15-9-7-6-8-10-15)18(27)23-19-22-13-25(24-19)12-14(2)3/h6-10,13-14,16-17,26H,5,11-12,21H2,1-4H3,(H,23,24,27). The Morgan fingerprint density at radius 1 is 1.33 bits per heavy atom. The lowest BCUT2D eigenvalue weighted by Gasteiger charge is -2.36. The van der Waals surface area contributed by atoms with Gasteiger partial charge >= 0.3 is 0 Å². The fourth-order valence-corrected chi connectivity index (χ4v) is 3.11. The molecule has 7 nitrogen and oxygen atoms in total. The second-order valence-electron chi connectivity index (χ2n) is 7.72. The predicted molar refractivity (Wildman–Crippen MR) is 106 cm³/mol. The number of hydrogen-bond donors (Lipinski definition) is 3. The SMILES string of the molecule is CCC(O)C(N)C(C)(Cc1ccccc1)C(=O)Nc1ncn(CC(C)C)n1. The second kappa shape index (κ2) is 9.10. The Morgan fingerprint density at radius 2 is 2.00 bits per heavy atom. The maximum atomic E-state index is 13.1. The van der Waals surface area contributed by atoms with Gasteiger partial charge in [0.2, 0.25) is 11.9 Å². The molecule has 0 aliphatic heterocycles. The molecule has 3 unspecified atom stereocenters. The molecule has 2 rings (SSSR count). The zero-order chi connectivity index (χ0) is 20.0. The van der Waals surface area contributed by atoms with E-state index in [0.717, 1.165) is 12.1 Å². The summed E-state index contributed by atoms with van der Waals surface area (Å²) >= 11 is 0. The molecule has 4 N–H and O–H groups in total. The van der Waals surface area contributed by atoms with E-state index in [1.54, 1.807) is 17.9 Å². The fourth-order valence-electron chi connectivity index (χ4n) is 3.11. The van der Waals surface area contributed by atoms with Gasteiger partial charge in [-0.1, -0.05) is 51.1 Å². The maximum Gasteiger partial charge on any atom is 0.248 e. The van der Waals surface area contributed by atoms with E-state index in [0.29, 0.717) is 18.8 Å². The number of amides is 1. The van der Waals surface area contributed by atoms with Crippen molar-refractivity contribution in [3.63, 3.8) is 0 Å². The Hall–Kier alpha value is -2.25. The average Bonchev–Trinajstić information content (AvgIpc) is 3.07. The van der Waals surface area contributed by atoms with Crippen molar-refractivity contribution in [2.24, 2.45) is 17.1 Å². The highest BCUT2D eigenvalue weighted by atomic mass is 16.3. The zero-order valence-corrected chi connectivity index (χ0v) is 16.6. The van der Waals surface area contributed by atoms with E-state index < -0.39 is 17.6 Å². The number of aromatic nitrogens is 3. The van der Waals surface area contributed by atoms with E-state index >= 15 is 0 Å². The van der Waals surface area contributed by atoms with Crippen molar-refractivity contribution in [1.82, 2.24) is 14.8 Å². The molecule has 3 atom stereocenters. The Balaban J connectivity index is 2.23. The van der Waals surface area contributed by atoms with Crippen molar-refractivity contribution in [1.29, 1.82) is 0 Å². The van der Waals surface area contributed by atoms with E-state index in [4.69, 9.17) is 5.73 Å². The van der Waals surface area contributed by atoms with Gasteiger partial charge in [0.25, 0.3) is 0 Å². The summed E-state index contributed by atoms with van der Waals surface area (Å²) in [6.45, 7) is 8.52. The number of carbonyl (C=O) groups is 1. The molecular formula is C20H31N5O2. The smallest absolute Gasteiger partial charge is 0.248 e. The van der Waals surface area contributed by atoms with E-state index in [9.17, 15) is 9.90 Å². The van der Waals surface area contributed by atoms with Crippen LogP contribution in [0.5, 0.6) is 0 Å². The van der Waals surface area contributed by atoms with Gasteiger partial charge in [0, 0.05) is 12.6 Å². The third kappa shape index (κ3) is 5.37.